The zero-order valence-electron chi connectivity index (χ0n) is 17.1. The SMILES string of the molecule is C[N+](C)(CC#N)C1CCC(Nc2c(C(=O)C3CC3)cnc3ccc(Br)cc23)CC1. The molecule has 0 amide bonds. The van der Waals surface area contributed by atoms with E-state index < -0.39 is 0 Å². The Labute approximate surface area is 180 Å². The molecule has 6 heteroatoms. The lowest BCUT2D eigenvalue weighted by atomic mass is 9.88. The lowest BCUT2D eigenvalue weighted by Gasteiger charge is -2.40. The smallest absolute Gasteiger partial charge is 0.169 e. The standard InChI is InChI=1S/C23H27BrN4O/c1-28(2,12-11-25)18-8-6-17(7-9-18)27-22-19-13-16(24)5-10-21(19)26-14-20(22)23(29)15-3-4-15/h5,10,13-15,17-18H,3-4,6-9,12H2,1-2H3/p+1. The predicted octanol–water partition coefficient (Wildman–Crippen LogP) is 4.91. The van der Waals surface area contributed by atoms with Crippen LogP contribution in [-0.4, -0.2) is 48.0 Å². The fraction of sp³-hybridized carbons (Fsp3) is 0.522. The normalized spacial score (nSPS) is 22.3. The Hall–Kier alpha value is -1.97. The first-order valence-corrected chi connectivity index (χ1v) is 11.3. The Morgan fingerprint density at radius 1 is 1.24 bits per heavy atom. The number of pyridine rings is 1. The summed E-state index contributed by atoms with van der Waals surface area (Å²) >= 11 is 3.57. The zero-order valence-corrected chi connectivity index (χ0v) is 18.7. The van der Waals surface area contributed by atoms with Gasteiger partial charge in [0, 0.05) is 40.9 Å². The average Bonchev–Trinajstić information content (AvgIpc) is 3.53. The second-order valence-corrected chi connectivity index (χ2v) is 10.0. The van der Waals surface area contributed by atoms with Crippen LogP contribution in [0.25, 0.3) is 10.9 Å². The highest BCUT2D eigenvalue weighted by atomic mass is 79.9. The van der Waals surface area contributed by atoms with Gasteiger partial charge in [0.15, 0.2) is 12.3 Å². The number of anilines is 1. The predicted molar refractivity (Wildman–Crippen MR) is 119 cm³/mol. The average molecular weight is 456 g/mol. The second-order valence-electron chi connectivity index (χ2n) is 9.09. The second kappa shape index (κ2) is 8.04. The molecule has 0 bridgehead atoms. The first-order valence-electron chi connectivity index (χ1n) is 10.5. The molecule has 2 aromatic rings. The largest absolute Gasteiger partial charge is 0.381 e. The van der Waals surface area contributed by atoms with Crippen LogP contribution in [-0.2, 0) is 0 Å². The van der Waals surface area contributed by atoms with Crippen LogP contribution in [0.15, 0.2) is 28.9 Å². The Balaban J connectivity index is 1.59. The molecule has 2 aliphatic carbocycles. The molecule has 5 nitrogen and oxygen atoms in total. The van der Waals surface area contributed by atoms with Gasteiger partial charge < -0.3 is 9.80 Å². The molecule has 29 heavy (non-hydrogen) atoms. The third kappa shape index (κ3) is 4.31. The number of carbonyl (C=O) groups excluding carboxylic acids is 1. The van der Waals surface area contributed by atoms with E-state index in [-0.39, 0.29) is 11.7 Å². The summed E-state index contributed by atoms with van der Waals surface area (Å²) in [4.78, 5) is 17.5. The number of hydrogen-bond acceptors (Lipinski definition) is 4. The van der Waals surface area contributed by atoms with Gasteiger partial charge in [-0.05, 0) is 43.9 Å². The molecule has 0 spiro atoms. The third-order valence-electron chi connectivity index (χ3n) is 6.56. The Morgan fingerprint density at radius 2 is 1.97 bits per heavy atom. The van der Waals surface area contributed by atoms with Crippen LogP contribution in [0.4, 0.5) is 5.69 Å². The van der Waals surface area contributed by atoms with Crippen molar-refractivity contribution in [1.82, 2.24) is 4.98 Å². The van der Waals surface area contributed by atoms with Gasteiger partial charge >= 0.3 is 0 Å². The Morgan fingerprint density at radius 3 is 2.62 bits per heavy atom. The molecule has 0 atom stereocenters. The highest BCUT2D eigenvalue weighted by molar-refractivity contribution is 9.10. The van der Waals surface area contributed by atoms with Gasteiger partial charge in [-0.25, -0.2) is 0 Å². The molecular formula is C23H28BrN4O+. The summed E-state index contributed by atoms with van der Waals surface area (Å²) in [5, 5.41) is 13.9. The van der Waals surface area contributed by atoms with Crippen LogP contribution in [0.3, 0.4) is 0 Å². The molecule has 1 N–H and O–H groups in total. The molecule has 2 saturated carbocycles. The number of hydrogen-bond donors (Lipinski definition) is 1. The summed E-state index contributed by atoms with van der Waals surface area (Å²) in [5.41, 5.74) is 2.59. The summed E-state index contributed by atoms with van der Waals surface area (Å²) in [6, 6.07) is 9.22. The lowest BCUT2D eigenvalue weighted by Crippen LogP contribution is -2.51. The van der Waals surface area contributed by atoms with Crippen LogP contribution < -0.4 is 5.32 Å². The molecule has 0 aliphatic heterocycles. The summed E-state index contributed by atoms with van der Waals surface area (Å²) < 4.78 is 1.75. The number of nitriles is 1. The van der Waals surface area contributed by atoms with E-state index in [2.05, 4.69) is 52.5 Å². The topological polar surface area (TPSA) is 65.8 Å². The van der Waals surface area contributed by atoms with Crippen LogP contribution >= 0.6 is 15.9 Å². The van der Waals surface area contributed by atoms with E-state index in [1.807, 2.05) is 12.1 Å². The number of nitrogens with one attached hydrogen (secondary N) is 1. The van der Waals surface area contributed by atoms with Crippen molar-refractivity contribution >= 4 is 38.3 Å². The molecule has 0 saturated heterocycles. The summed E-state index contributed by atoms with van der Waals surface area (Å²) in [7, 11) is 4.31. The van der Waals surface area contributed by atoms with Crippen LogP contribution in [0.5, 0.6) is 0 Å². The molecule has 1 aromatic carbocycles. The fourth-order valence-electron chi connectivity index (χ4n) is 4.51. The summed E-state index contributed by atoms with van der Waals surface area (Å²) in [6.45, 7) is 0.547. The van der Waals surface area contributed by atoms with Crippen molar-refractivity contribution in [3.05, 3.63) is 34.4 Å². The first kappa shape index (κ1) is 20.3. The maximum absolute atomic E-state index is 12.9. The van der Waals surface area contributed by atoms with Crippen molar-refractivity contribution in [2.45, 2.75) is 50.6 Å². The molecule has 0 unspecified atom stereocenters. The molecule has 4 rings (SSSR count). The minimum atomic E-state index is 0.168. The van der Waals surface area contributed by atoms with Gasteiger partial charge in [-0.15, -0.1) is 0 Å². The van der Waals surface area contributed by atoms with Gasteiger partial charge in [0.05, 0.1) is 36.9 Å². The van der Waals surface area contributed by atoms with Crippen LogP contribution in [0, 0.1) is 17.2 Å². The Kier molecular flexibility index (Phi) is 5.63. The number of quaternary nitrogens is 1. The number of ketones is 1. The number of aromatic nitrogens is 1. The van der Waals surface area contributed by atoms with E-state index >= 15 is 0 Å². The van der Waals surface area contributed by atoms with E-state index in [0.29, 0.717) is 18.6 Å². The highest BCUT2D eigenvalue weighted by Gasteiger charge is 2.35. The Bertz CT molecular complexity index is 969. The van der Waals surface area contributed by atoms with Gasteiger partial charge in [0.1, 0.15) is 6.07 Å². The van der Waals surface area contributed by atoms with Crippen molar-refractivity contribution in [3.63, 3.8) is 0 Å². The van der Waals surface area contributed by atoms with Gasteiger partial charge in [-0.3, -0.25) is 9.78 Å². The van der Waals surface area contributed by atoms with Crippen LogP contribution in [0.1, 0.15) is 48.9 Å². The van der Waals surface area contributed by atoms with Crippen molar-refractivity contribution in [1.29, 1.82) is 5.26 Å². The lowest BCUT2D eigenvalue weighted by molar-refractivity contribution is -0.909. The quantitative estimate of drug-likeness (QED) is 0.381. The monoisotopic (exact) mass is 455 g/mol. The van der Waals surface area contributed by atoms with Crippen molar-refractivity contribution in [3.8, 4) is 6.07 Å². The number of benzene rings is 1. The van der Waals surface area contributed by atoms with Crippen molar-refractivity contribution in [2.24, 2.45) is 5.92 Å². The molecule has 0 radical (unpaired) electrons. The van der Waals surface area contributed by atoms with E-state index in [9.17, 15) is 4.79 Å². The van der Waals surface area contributed by atoms with Gasteiger partial charge in [0.2, 0.25) is 0 Å². The molecule has 2 aliphatic rings. The highest BCUT2D eigenvalue weighted by Crippen LogP contribution is 2.38. The van der Waals surface area contributed by atoms with E-state index in [1.165, 1.54) is 0 Å². The number of rotatable bonds is 6. The van der Waals surface area contributed by atoms with Crippen molar-refractivity contribution in [2.75, 3.05) is 26.0 Å². The van der Waals surface area contributed by atoms with Gasteiger partial charge in [-0.2, -0.15) is 5.26 Å². The minimum Gasteiger partial charge on any atom is -0.381 e. The molecular weight excluding hydrogens is 428 g/mol. The third-order valence-corrected chi connectivity index (χ3v) is 7.05. The fourth-order valence-corrected chi connectivity index (χ4v) is 4.87. The molecule has 152 valence electrons. The number of halogens is 1. The van der Waals surface area contributed by atoms with Gasteiger partial charge in [0.25, 0.3) is 0 Å². The maximum Gasteiger partial charge on any atom is 0.169 e. The van der Waals surface area contributed by atoms with E-state index in [4.69, 9.17) is 5.26 Å². The number of nitrogens with zero attached hydrogens (tertiary/aromatic N) is 3. The minimum absolute atomic E-state index is 0.168. The summed E-state index contributed by atoms with van der Waals surface area (Å²) in [5.74, 6) is 0.393. The van der Waals surface area contributed by atoms with E-state index in [0.717, 1.165) is 69.6 Å². The van der Waals surface area contributed by atoms with Gasteiger partial charge in [-0.1, -0.05) is 15.9 Å². The number of carbonyl (C=O) groups is 1. The zero-order chi connectivity index (χ0) is 20.6. The van der Waals surface area contributed by atoms with Crippen LogP contribution in [0.2, 0.25) is 0 Å². The molecule has 2 fully saturated rings. The molecule has 1 aromatic heterocycles. The first-order chi connectivity index (χ1) is 13.9. The number of fused-ring (bicyclic) bond motifs is 1. The molecule has 1 heterocycles. The van der Waals surface area contributed by atoms with E-state index in [1.54, 1.807) is 6.20 Å². The maximum atomic E-state index is 12.9. The number of Topliss-reactive ketones (excluding diaryl/α,β-unsaturated/α-hetero) is 1. The van der Waals surface area contributed by atoms with Crippen molar-refractivity contribution < 1.29 is 9.28 Å². The summed E-state index contributed by atoms with van der Waals surface area (Å²) in [6.07, 6.45) is 8.02.